The molecular weight excluding hydrogens is 292 g/mol. The average Bonchev–Trinajstić information content (AvgIpc) is 2.61. The van der Waals surface area contributed by atoms with Gasteiger partial charge in [-0.15, -0.1) is 0 Å². The molecule has 0 fully saturated rings. The normalized spacial score (nSPS) is 10.6. The second-order valence-corrected chi connectivity index (χ2v) is 4.43. The van der Waals surface area contributed by atoms with Gasteiger partial charge >= 0.3 is 6.03 Å². The number of hydrogen-bond acceptors (Lipinski definition) is 3. The highest BCUT2D eigenvalue weighted by atomic mass is 16.2. The third kappa shape index (κ3) is 5.84. The molecule has 0 aliphatic rings. The minimum atomic E-state index is -0.640. The number of amides is 3. The molecule has 2 aromatic rings. The van der Waals surface area contributed by atoms with Crippen LogP contribution in [-0.2, 0) is 0 Å². The van der Waals surface area contributed by atoms with Crippen LogP contribution >= 0.6 is 0 Å². The molecule has 0 spiro atoms. The van der Waals surface area contributed by atoms with Crippen molar-refractivity contribution in [2.75, 3.05) is 0 Å². The maximum atomic E-state index is 11.7. The molecule has 0 aromatic heterocycles. The number of hydrazine groups is 1. The standard InChI is InChI=1S/C17H16N4O2/c22-16(15-11-5-2-6-12-15)19-21-17(23)20-18-13-7-10-14-8-3-1-4-9-14/h1-13H,(H,19,22)(H2,20,21,23)/b10-7+,18-13+. The first-order valence-corrected chi connectivity index (χ1v) is 6.92. The van der Waals surface area contributed by atoms with Crippen molar-refractivity contribution in [2.24, 2.45) is 5.10 Å². The Balaban J connectivity index is 1.70. The Morgan fingerprint density at radius 3 is 2.22 bits per heavy atom. The first-order chi connectivity index (χ1) is 11.3. The van der Waals surface area contributed by atoms with Crippen LogP contribution in [-0.4, -0.2) is 18.2 Å². The summed E-state index contributed by atoms with van der Waals surface area (Å²) in [5.41, 5.74) is 8.18. The number of allylic oxidation sites excluding steroid dienone is 1. The van der Waals surface area contributed by atoms with E-state index in [1.807, 2.05) is 36.4 Å². The average molecular weight is 308 g/mol. The lowest BCUT2D eigenvalue weighted by atomic mass is 10.2. The highest BCUT2D eigenvalue weighted by Crippen LogP contribution is 1.99. The van der Waals surface area contributed by atoms with Gasteiger partial charge in [0.1, 0.15) is 0 Å². The fraction of sp³-hybridized carbons (Fsp3) is 0. The van der Waals surface area contributed by atoms with E-state index in [2.05, 4.69) is 21.4 Å². The Kier molecular flexibility index (Phi) is 6.10. The Morgan fingerprint density at radius 1 is 0.870 bits per heavy atom. The summed E-state index contributed by atoms with van der Waals surface area (Å²) in [5, 5.41) is 3.71. The van der Waals surface area contributed by atoms with E-state index < -0.39 is 11.9 Å². The van der Waals surface area contributed by atoms with Crippen LogP contribution in [0.2, 0.25) is 0 Å². The monoisotopic (exact) mass is 308 g/mol. The van der Waals surface area contributed by atoms with Crippen LogP contribution in [0.15, 0.2) is 71.8 Å². The molecule has 0 aliphatic heterocycles. The van der Waals surface area contributed by atoms with Crippen molar-refractivity contribution in [1.82, 2.24) is 16.3 Å². The van der Waals surface area contributed by atoms with Crippen LogP contribution in [0.1, 0.15) is 15.9 Å². The summed E-state index contributed by atoms with van der Waals surface area (Å²) in [6.07, 6.45) is 4.98. The number of benzene rings is 2. The maximum Gasteiger partial charge on any atom is 0.353 e. The van der Waals surface area contributed by atoms with Crippen LogP contribution in [0.25, 0.3) is 6.08 Å². The maximum absolute atomic E-state index is 11.7. The van der Waals surface area contributed by atoms with Gasteiger partial charge < -0.3 is 0 Å². The molecule has 0 bridgehead atoms. The quantitative estimate of drug-likeness (QED) is 0.598. The summed E-state index contributed by atoms with van der Waals surface area (Å²) in [6.45, 7) is 0. The SMILES string of the molecule is O=C(N/N=C/C=C/c1ccccc1)NNC(=O)c1ccccc1. The summed E-state index contributed by atoms with van der Waals surface area (Å²) in [4.78, 5) is 23.1. The zero-order valence-electron chi connectivity index (χ0n) is 12.3. The Hall–Kier alpha value is -3.41. The molecule has 3 N–H and O–H groups in total. The van der Waals surface area contributed by atoms with Crippen LogP contribution < -0.4 is 16.3 Å². The van der Waals surface area contributed by atoms with E-state index in [9.17, 15) is 9.59 Å². The molecule has 6 nitrogen and oxygen atoms in total. The van der Waals surface area contributed by atoms with E-state index in [0.29, 0.717) is 5.56 Å². The zero-order valence-corrected chi connectivity index (χ0v) is 12.3. The summed E-state index contributed by atoms with van der Waals surface area (Å²) < 4.78 is 0. The lowest BCUT2D eigenvalue weighted by Crippen LogP contribution is -2.45. The number of nitrogens with one attached hydrogen (secondary N) is 3. The topological polar surface area (TPSA) is 82.6 Å². The number of carbonyl (C=O) groups excluding carboxylic acids is 2. The summed E-state index contributed by atoms with van der Waals surface area (Å²) in [5.74, 6) is -0.409. The predicted molar refractivity (Wildman–Crippen MR) is 89.5 cm³/mol. The third-order valence-electron chi connectivity index (χ3n) is 2.74. The van der Waals surface area contributed by atoms with Crippen molar-refractivity contribution in [3.8, 4) is 0 Å². The second-order valence-electron chi connectivity index (χ2n) is 4.43. The Morgan fingerprint density at radius 2 is 1.52 bits per heavy atom. The van der Waals surface area contributed by atoms with Gasteiger partial charge in [-0.2, -0.15) is 5.10 Å². The zero-order chi connectivity index (χ0) is 16.3. The smallest absolute Gasteiger partial charge is 0.267 e. The molecule has 0 aliphatic carbocycles. The van der Waals surface area contributed by atoms with E-state index >= 15 is 0 Å². The molecule has 3 amide bonds. The molecule has 0 radical (unpaired) electrons. The number of rotatable bonds is 4. The molecule has 0 saturated heterocycles. The molecule has 0 atom stereocenters. The molecule has 2 aromatic carbocycles. The third-order valence-corrected chi connectivity index (χ3v) is 2.74. The minimum absolute atomic E-state index is 0.409. The summed E-state index contributed by atoms with van der Waals surface area (Å²) in [7, 11) is 0. The largest absolute Gasteiger partial charge is 0.353 e. The number of hydrazone groups is 1. The van der Waals surface area contributed by atoms with E-state index in [1.165, 1.54) is 6.21 Å². The molecule has 23 heavy (non-hydrogen) atoms. The van der Waals surface area contributed by atoms with Crippen molar-refractivity contribution in [1.29, 1.82) is 0 Å². The molecule has 0 saturated carbocycles. The van der Waals surface area contributed by atoms with Crippen molar-refractivity contribution >= 4 is 24.2 Å². The van der Waals surface area contributed by atoms with E-state index in [-0.39, 0.29) is 0 Å². The first-order valence-electron chi connectivity index (χ1n) is 6.92. The first kappa shape index (κ1) is 16.0. The Bertz CT molecular complexity index is 697. The van der Waals surface area contributed by atoms with Gasteiger partial charge in [0.15, 0.2) is 0 Å². The number of hydrogen-bond donors (Lipinski definition) is 3. The van der Waals surface area contributed by atoms with E-state index in [4.69, 9.17) is 0 Å². The second kappa shape index (κ2) is 8.78. The van der Waals surface area contributed by atoms with Crippen molar-refractivity contribution in [3.63, 3.8) is 0 Å². The van der Waals surface area contributed by atoms with Gasteiger partial charge in [-0.1, -0.05) is 54.6 Å². The fourth-order valence-corrected chi connectivity index (χ4v) is 1.66. The molecule has 2 rings (SSSR count). The van der Waals surface area contributed by atoms with Crippen LogP contribution in [0.3, 0.4) is 0 Å². The van der Waals surface area contributed by atoms with E-state index in [1.54, 1.807) is 36.4 Å². The van der Waals surface area contributed by atoms with E-state index in [0.717, 1.165) is 5.56 Å². The van der Waals surface area contributed by atoms with Crippen LogP contribution in [0.5, 0.6) is 0 Å². The summed E-state index contributed by atoms with van der Waals surface area (Å²) >= 11 is 0. The predicted octanol–water partition coefficient (Wildman–Crippen LogP) is 2.33. The van der Waals surface area contributed by atoms with Gasteiger partial charge in [0.25, 0.3) is 5.91 Å². The number of urea groups is 1. The fourth-order valence-electron chi connectivity index (χ4n) is 1.66. The molecule has 0 heterocycles. The lowest BCUT2D eigenvalue weighted by molar-refractivity contribution is 0.0936. The van der Waals surface area contributed by atoms with Crippen LogP contribution in [0.4, 0.5) is 4.79 Å². The highest BCUT2D eigenvalue weighted by Gasteiger charge is 2.04. The van der Waals surface area contributed by atoms with Gasteiger partial charge in [-0.05, 0) is 23.8 Å². The van der Waals surface area contributed by atoms with Gasteiger partial charge in [-0.3, -0.25) is 10.2 Å². The van der Waals surface area contributed by atoms with Crippen molar-refractivity contribution < 1.29 is 9.59 Å². The number of nitrogens with zero attached hydrogens (tertiary/aromatic N) is 1. The van der Waals surface area contributed by atoms with Gasteiger partial charge in [0, 0.05) is 11.8 Å². The Labute approximate surface area is 133 Å². The van der Waals surface area contributed by atoms with Crippen LogP contribution in [0, 0.1) is 0 Å². The van der Waals surface area contributed by atoms with Gasteiger partial charge in [0.05, 0.1) is 0 Å². The van der Waals surface area contributed by atoms with Gasteiger partial charge in [-0.25, -0.2) is 15.6 Å². The number of carbonyl (C=O) groups is 2. The molecular formula is C17H16N4O2. The summed E-state index contributed by atoms with van der Waals surface area (Å²) in [6, 6.07) is 17.6. The van der Waals surface area contributed by atoms with Crippen molar-refractivity contribution in [3.05, 3.63) is 77.9 Å². The molecule has 116 valence electrons. The minimum Gasteiger partial charge on any atom is -0.267 e. The molecule has 0 unspecified atom stereocenters. The van der Waals surface area contributed by atoms with Crippen molar-refractivity contribution in [2.45, 2.75) is 0 Å². The molecule has 6 heteroatoms. The highest BCUT2D eigenvalue weighted by molar-refractivity contribution is 5.95. The van der Waals surface area contributed by atoms with Gasteiger partial charge in [0.2, 0.25) is 0 Å². The lowest BCUT2D eigenvalue weighted by Gasteiger charge is -2.05.